The van der Waals surface area contributed by atoms with E-state index in [9.17, 15) is 19.2 Å². The van der Waals surface area contributed by atoms with Crippen molar-refractivity contribution >= 4 is 29.5 Å². The molecule has 0 aromatic heterocycles. The summed E-state index contributed by atoms with van der Waals surface area (Å²) in [6, 6.07) is 5.10. The van der Waals surface area contributed by atoms with E-state index in [0.717, 1.165) is 0 Å². The highest BCUT2D eigenvalue weighted by Crippen LogP contribution is 2.23. The maximum absolute atomic E-state index is 12.2. The van der Waals surface area contributed by atoms with Crippen LogP contribution in [-0.2, 0) is 14.3 Å². The van der Waals surface area contributed by atoms with Gasteiger partial charge in [-0.2, -0.15) is 0 Å². The van der Waals surface area contributed by atoms with E-state index < -0.39 is 18.0 Å². The van der Waals surface area contributed by atoms with E-state index in [-0.39, 0.29) is 24.4 Å². The van der Waals surface area contributed by atoms with Gasteiger partial charge < -0.3 is 25.2 Å². The molecule has 1 aromatic rings. The zero-order valence-electron chi connectivity index (χ0n) is 15.2. The number of nitrogens with one attached hydrogen (secondary N) is 2. The Hall–Kier alpha value is -3.10. The molecule has 0 radical (unpaired) electrons. The Labute approximate surface area is 156 Å². The monoisotopic (exact) mass is 374 g/mol. The Morgan fingerprint density at radius 3 is 2.59 bits per heavy atom. The van der Waals surface area contributed by atoms with Crippen molar-refractivity contribution in [3.8, 4) is 0 Å². The van der Waals surface area contributed by atoms with E-state index in [4.69, 9.17) is 4.74 Å². The predicted octanol–water partition coefficient (Wildman–Crippen LogP) is 0.426. The van der Waals surface area contributed by atoms with Crippen LogP contribution in [0.1, 0.15) is 23.7 Å². The van der Waals surface area contributed by atoms with Crippen LogP contribution >= 0.6 is 0 Å². The second kappa shape index (κ2) is 7.65. The second-order valence-electron chi connectivity index (χ2n) is 6.59. The van der Waals surface area contributed by atoms with Crippen molar-refractivity contribution < 1.29 is 23.9 Å². The van der Waals surface area contributed by atoms with Crippen molar-refractivity contribution in [3.05, 3.63) is 29.8 Å². The van der Waals surface area contributed by atoms with Crippen LogP contribution in [0.5, 0.6) is 0 Å². The maximum Gasteiger partial charge on any atom is 0.338 e. The van der Waals surface area contributed by atoms with Crippen LogP contribution < -0.4 is 10.6 Å². The van der Waals surface area contributed by atoms with Gasteiger partial charge >= 0.3 is 12.0 Å². The zero-order valence-corrected chi connectivity index (χ0v) is 15.2. The highest BCUT2D eigenvalue weighted by atomic mass is 16.5. The van der Waals surface area contributed by atoms with Crippen molar-refractivity contribution in [2.45, 2.75) is 25.4 Å². The molecule has 9 nitrogen and oxygen atoms in total. The molecule has 27 heavy (non-hydrogen) atoms. The third-order valence-corrected chi connectivity index (χ3v) is 4.64. The first-order valence-corrected chi connectivity index (χ1v) is 8.78. The summed E-state index contributed by atoms with van der Waals surface area (Å²) in [6.07, 6.45) is 0.393. The molecule has 4 amide bonds. The summed E-state index contributed by atoms with van der Waals surface area (Å²) >= 11 is 0. The summed E-state index contributed by atoms with van der Waals surface area (Å²) in [5.41, 5.74) is 0.916. The van der Waals surface area contributed by atoms with Gasteiger partial charge in [-0.05, 0) is 37.6 Å². The first kappa shape index (κ1) is 18.7. The van der Waals surface area contributed by atoms with Gasteiger partial charge in [0.2, 0.25) is 11.8 Å². The Kier molecular flexibility index (Phi) is 5.29. The van der Waals surface area contributed by atoms with Gasteiger partial charge in [0, 0.05) is 19.3 Å². The van der Waals surface area contributed by atoms with E-state index in [1.807, 2.05) is 0 Å². The Morgan fingerprint density at radius 1 is 1.22 bits per heavy atom. The highest BCUT2D eigenvalue weighted by molar-refractivity contribution is 5.96. The molecule has 9 heteroatoms. The van der Waals surface area contributed by atoms with Gasteiger partial charge in [-0.25, -0.2) is 9.59 Å². The molecular weight excluding hydrogens is 352 g/mol. The number of piperazine rings is 1. The minimum Gasteiger partial charge on any atom is -0.462 e. The molecule has 0 bridgehead atoms. The topological polar surface area (TPSA) is 108 Å². The number of nitrogens with zero attached hydrogens (tertiary/aromatic N) is 2. The van der Waals surface area contributed by atoms with Gasteiger partial charge in [0.15, 0.2) is 0 Å². The second-order valence-corrected chi connectivity index (χ2v) is 6.59. The SMILES string of the molecule is CCOC(=O)c1ccc(NC(=O)N[C@H]2C[C@H]3C(=O)N(C)CC(=O)N3C2)cc1. The van der Waals surface area contributed by atoms with Crippen molar-refractivity contribution in [2.75, 3.05) is 32.1 Å². The van der Waals surface area contributed by atoms with Crippen LogP contribution in [0.2, 0.25) is 0 Å². The summed E-state index contributed by atoms with van der Waals surface area (Å²) < 4.78 is 4.91. The quantitative estimate of drug-likeness (QED) is 0.743. The van der Waals surface area contributed by atoms with Gasteiger partial charge in [0.05, 0.1) is 24.8 Å². The maximum atomic E-state index is 12.2. The number of benzene rings is 1. The summed E-state index contributed by atoms with van der Waals surface area (Å²) in [5, 5.41) is 5.47. The van der Waals surface area contributed by atoms with E-state index in [0.29, 0.717) is 30.8 Å². The smallest absolute Gasteiger partial charge is 0.338 e. The lowest BCUT2D eigenvalue weighted by Gasteiger charge is -2.33. The van der Waals surface area contributed by atoms with E-state index in [2.05, 4.69) is 10.6 Å². The molecule has 2 aliphatic heterocycles. The summed E-state index contributed by atoms with van der Waals surface area (Å²) in [7, 11) is 1.60. The normalized spacial score (nSPS) is 21.7. The van der Waals surface area contributed by atoms with Gasteiger partial charge in [-0.3, -0.25) is 9.59 Å². The van der Waals surface area contributed by atoms with Crippen molar-refractivity contribution in [3.63, 3.8) is 0 Å². The molecule has 2 aliphatic rings. The first-order valence-electron chi connectivity index (χ1n) is 8.78. The largest absolute Gasteiger partial charge is 0.462 e. The summed E-state index contributed by atoms with van der Waals surface area (Å²) in [4.78, 5) is 51.0. The minimum atomic E-state index is -0.509. The minimum absolute atomic E-state index is 0.0705. The standard InChI is InChI=1S/C18H22N4O5/c1-3-27-17(25)11-4-6-12(7-5-11)19-18(26)20-13-8-14-16(24)21(2)10-15(23)22(14)9-13/h4-7,13-14H,3,8-10H2,1-2H3,(H2,19,20,26)/t13-,14-/m0/s1. The van der Waals surface area contributed by atoms with E-state index >= 15 is 0 Å². The van der Waals surface area contributed by atoms with Gasteiger partial charge in [-0.15, -0.1) is 0 Å². The number of carbonyl (C=O) groups excluding carboxylic acids is 4. The first-order chi connectivity index (χ1) is 12.9. The third kappa shape index (κ3) is 4.02. The third-order valence-electron chi connectivity index (χ3n) is 4.64. The van der Waals surface area contributed by atoms with Crippen LogP contribution in [0.4, 0.5) is 10.5 Å². The van der Waals surface area contributed by atoms with Gasteiger partial charge in [0.1, 0.15) is 6.04 Å². The Bertz CT molecular complexity index is 764. The number of anilines is 1. The fraction of sp³-hybridized carbons (Fsp3) is 0.444. The number of carbonyl (C=O) groups is 4. The van der Waals surface area contributed by atoms with Crippen LogP contribution in [0.3, 0.4) is 0 Å². The molecule has 2 atom stereocenters. The fourth-order valence-electron chi connectivity index (χ4n) is 3.33. The van der Waals surface area contributed by atoms with Crippen LogP contribution in [-0.4, -0.2) is 72.4 Å². The number of amides is 4. The van der Waals surface area contributed by atoms with E-state index in [1.165, 1.54) is 9.80 Å². The Morgan fingerprint density at radius 2 is 1.93 bits per heavy atom. The molecule has 0 unspecified atom stereocenters. The number of likely N-dealkylation sites (N-methyl/N-ethyl adjacent to an activating group) is 1. The zero-order chi connectivity index (χ0) is 19.6. The van der Waals surface area contributed by atoms with Crippen molar-refractivity contribution in [1.82, 2.24) is 15.1 Å². The van der Waals surface area contributed by atoms with Crippen molar-refractivity contribution in [2.24, 2.45) is 0 Å². The molecule has 3 rings (SSSR count). The van der Waals surface area contributed by atoms with Crippen LogP contribution in [0, 0.1) is 0 Å². The van der Waals surface area contributed by atoms with E-state index in [1.54, 1.807) is 38.2 Å². The average molecular weight is 374 g/mol. The molecule has 2 fully saturated rings. The highest BCUT2D eigenvalue weighted by Gasteiger charge is 2.44. The van der Waals surface area contributed by atoms with Crippen molar-refractivity contribution in [1.29, 1.82) is 0 Å². The lowest BCUT2D eigenvalue weighted by Crippen LogP contribution is -2.55. The number of ether oxygens (including phenoxy) is 1. The molecular formula is C18H22N4O5. The molecule has 0 spiro atoms. The number of rotatable bonds is 4. The molecule has 2 saturated heterocycles. The number of fused-ring (bicyclic) bond motifs is 1. The molecule has 1 aromatic carbocycles. The average Bonchev–Trinajstić information content (AvgIpc) is 3.05. The fourth-order valence-corrected chi connectivity index (χ4v) is 3.33. The van der Waals surface area contributed by atoms with Gasteiger partial charge in [0.25, 0.3) is 0 Å². The number of hydrogen-bond donors (Lipinski definition) is 2. The lowest BCUT2D eigenvalue weighted by molar-refractivity contribution is -0.152. The molecule has 0 aliphatic carbocycles. The Balaban J connectivity index is 1.55. The summed E-state index contributed by atoms with van der Waals surface area (Å²) in [6.45, 7) is 2.41. The molecule has 2 heterocycles. The number of urea groups is 1. The summed E-state index contributed by atoms with van der Waals surface area (Å²) in [5.74, 6) is -0.634. The number of hydrogen-bond acceptors (Lipinski definition) is 5. The lowest BCUT2D eigenvalue weighted by atomic mass is 10.1. The molecule has 2 N–H and O–H groups in total. The molecule has 0 saturated carbocycles. The number of esters is 1. The molecule has 144 valence electrons. The van der Waals surface area contributed by atoms with Crippen LogP contribution in [0.15, 0.2) is 24.3 Å². The van der Waals surface area contributed by atoms with Gasteiger partial charge in [-0.1, -0.05) is 0 Å². The predicted molar refractivity (Wildman–Crippen MR) is 96.1 cm³/mol. The van der Waals surface area contributed by atoms with Crippen LogP contribution in [0.25, 0.3) is 0 Å².